The number of aryl methyl sites for hydroxylation is 4. The van der Waals surface area contributed by atoms with Gasteiger partial charge in [-0.05, 0) is 55.5 Å². The molecule has 3 aliphatic rings. The third kappa shape index (κ3) is 4.13. The fraction of sp³-hybridized carbons (Fsp3) is 0.483. The molecule has 0 radical (unpaired) electrons. The number of para-hydroxylation sites is 1. The second-order valence-electron chi connectivity index (χ2n) is 10.5. The van der Waals surface area contributed by atoms with Crippen LogP contribution in [0.3, 0.4) is 0 Å². The number of amides is 2. The maximum Gasteiger partial charge on any atom is 0.228 e. The smallest absolute Gasteiger partial charge is 0.228 e. The van der Waals surface area contributed by atoms with E-state index in [9.17, 15) is 14.4 Å². The maximum absolute atomic E-state index is 13.4. The van der Waals surface area contributed by atoms with Crippen molar-refractivity contribution in [2.75, 3.05) is 24.5 Å². The summed E-state index contributed by atoms with van der Waals surface area (Å²) in [6, 6.07) is 10.1. The lowest BCUT2D eigenvalue weighted by Gasteiger charge is -2.44. The second-order valence-corrected chi connectivity index (χ2v) is 10.5. The highest BCUT2D eigenvalue weighted by molar-refractivity contribution is 6.02. The van der Waals surface area contributed by atoms with Crippen LogP contribution in [-0.2, 0) is 16.0 Å². The summed E-state index contributed by atoms with van der Waals surface area (Å²) in [5.41, 5.74) is 5.34. The monoisotopic (exact) mass is 474 g/mol. The van der Waals surface area contributed by atoms with Crippen molar-refractivity contribution in [3.05, 3.63) is 58.1 Å². The zero-order valence-corrected chi connectivity index (χ0v) is 21.1. The predicted molar refractivity (Wildman–Crippen MR) is 135 cm³/mol. The largest absolute Gasteiger partial charge is 0.486 e. The van der Waals surface area contributed by atoms with Crippen molar-refractivity contribution in [1.29, 1.82) is 0 Å². The molecule has 0 saturated carbocycles. The van der Waals surface area contributed by atoms with Crippen molar-refractivity contribution in [2.45, 2.75) is 65.4 Å². The minimum Gasteiger partial charge on any atom is -0.486 e. The first-order valence-electron chi connectivity index (χ1n) is 12.7. The van der Waals surface area contributed by atoms with Crippen LogP contribution in [0.4, 0.5) is 5.69 Å². The van der Waals surface area contributed by atoms with Gasteiger partial charge in [-0.25, -0.2) is 0 Å². The number of likely N-dealkylation sites (tertiary alicyclic amines) is 1. The quantitative estimate of drug-likeness (QED) is 0.654. The number of rotatable bonds is 3. The molecular formula is C29H34N2O4. The van der Waals surface area contributed by atoms with E-state index < -0.39 is 5.60 Å². The molecule has 2 aromatic carbocycles. The van der Waals surface area contributed by atoms with Crippen LogP contribution >= 0.6 is 0 Å². The van der Waals surface area contributed by atoms with Crippen molar-refractivity contribution in [3.63, 3.8) is 0 Å². The number of fused-ring (bicyclic) bond motifs is 1. The SMILES string of the molecule is CCc1cccc(C)c1N1CC(C(=O)N2CCC3(CC2)CC(=O)c2cc(C)cc(C)c2O3)CC1=O. The molecule has 3 aliphatic heterocycles. The topological polar surface area (TPSA) is 66.9 Å². The zero-order valence-electron chi connectivity index (χ0n) is 21.1. The number of anilines is 1. The molecule has 0 N–H and O–H groups in total. The highest BCUT2D eigenvalue weighted by Gasteiger charge is 2.46. The minimum atomic E-state index is -0.546. The van der Waals surface area contributed by atoms with Crippen molar-refractivity contribution in [3.8, 4) is 5.75 Å². The number of hydrogen-bond acceptors (Lipinski definition) is 4. The number of carbonyl (C=O) groups is 3. The van der Waals surface area contributed by atoms with E-state index in [1.165, 1.54) is 0 Å². The molecule has 6 heteroatoms. The molecular weight excluding hydrogens is 440 g/mol. The van der Waals surface area contributed by atoms with Crippen LogP contribution in [0.2, 0.25) is 0 Å². The van der Waals surface area contributed by atoms with E-state index in [2.05, 4.69) is 13.0 Å². The van der Waals surface area contributed by atoms with E-state index >= 15 is 0 Å². The van der Waals surface area contributed by atoms with Gasteiger partial charge in [-0.3, -0.25) is 14.4 Å². The van der Waals surface area contributed by atoms with Gasteiger partial charge < -0.3 is 14.5 Å². The average molecular weight is 475 g/mol. The first-order chi connectivity index (χ1) is 16.7. The van der Waals surface area contributed by atoms with Gasteiger partial charge in [-0.1, -0.05) is 31.2 Å². The number of ketones is 1. The van der Waals surface area contributed by atoms with Crippen molar-refractivity contribution >= 4 is 23.3 Å². The minimum absolute atomic E-state index is 0.0180. The van der Waals surface area contributed by atoms with Gasteiger partial charge >= 0.3 is 0 Å². The van der Waals surface area contributed by atoms with Crippen LogP contribution in [0.15, 0.2) is 30.3 Å². The first-order valence-corrected chi connectivity index (χ1v) is 12.7. The molecule has 1 atom stereocenters. The van der Waals surface area contributed by atoms with Gasteiger partial charge in [0.1, 0.15) is 11.4 Å². The van der Waals surface area contributed by atoms with Gasteiger partial charge in [0.05, 0.1) is 17.9 Å². The van der Waals surface area contributed by atoms with Crippen LogP contribution in [0.1, 0.15) is 65.2 Å². The van der Waals surface area contributed by atoms with Gasteiger partial charge in [-0.15, -0.1) is 0 Å². The maximum atomic E-state index is 13.4. The summed E-state index contributed by atoms with van der Waals surface area (Å²) in [4.78, 5) is 43.0. The highest BCUT2D eigenvalue weighted by atomic mass is 16.5. The first kappa shape index (κ1) is 23.6. The Kier molecular flexibility index (Phi) is 5.94. The molecule has 2 amide bonds. The Morgan fingerprint density at radius 2 is 1.83 bits per heavy atom. The van der Waals surface area contributed by atoms with Crippen LogP contribution in [0, 0.1) is 26.7 Å². The van der Waals surface area contributed by atoms with Gasteiger partial charge in [0, 0.05) is 44.6 Å². The molecule has 0 aliphatic carbocycles. The molecule has 5 rings (SSSR count). The molecule has 2 aromatic rings. The summed E-state index contributed by atoms with van der Waals surface area (Å²) in [7, 11) is 0. The Bertz CT molecular complexity index is 1210. The number of Topliss-reactive ketones (excluding diaryl/α,β-unsaturated/α-hetero) is 1. The lowest BCUT2D eigenvalue weighted by atomic mass is 9.81. The van der Waals surface area contributed by atoms with Crippen LogP contribution in [-0.4, -0.2) is 47.7 Å². The normalized spacial score (nSPS) is 21.3. The van der Waals surface area contributed by atoms with Crippen molar-refractivity contribution in [2.24, 2.45) is 5.92 Å². The van der Waals surface area contributed by atoms with Crippen molar-refractivity contribution in [1.82, 2.24) is 4.90 Å². The zero-order chi connectivity index (χ0) is 24.9. The Morgan fingerprint density at radius 1 is 1.09 bits per heavy atom. The molecule has 6 nitrogen and oxygen atoms in total. The number of ether oxygens (including phenoxy) is 1. The molecule has 1 unspecified atom stereocenters. The number of nitrogens with zero attached hydrogens (tertiary/aromatic N) is 2. The van der Waals surface area contributed by atoms with E-state index in [1.54, 1.807) is 0 Å². The van der Waals surface area contributed by atoms with Gasteiger partial charge in [-0.2, -0.15) is 0 Å². The molecule has 2 saturated heterocycles. The molecule has 184 valence electrons. The summed E-state index contributed by atoms with van der Waals surface area (Å²) in [5, 5.41) is 0. The fourth-order valence-corrected chi connectivity index (χ4v) is 6.09. The molecule has 3 heterocycles. The number of benzene rings is 2. The number of hydrogen-bond donors (Lipinski definition) is 0. The van der Waals surface area contributed by atoms with Gasteiger partial charge in [0.25, 0.3) is 0 Å². The lowest BCUT2D eigenvalue weighted by molar-refractivity contribution is -0.139. The summed E-state index contributed by atoms with van der Waals surface area (Å²) < 4.78 is 6.48. The summed E-state index contributed by atoms with van der Waals surface area (Å²) in [6.07, 6.45) is 2.69. The highest BCUT2D eigenvalue weighted by Crippen LogP contribution is 2.42. The van der Waals surface area contributed by atoms with Crippen molar-refractivity contribution < 1.29 is 19.1 Å². The average Bonchev–Trinajstić information content (AvgIpc) is 3.21. The second kappa shape index (κ2) is 8.81. The third-order valence-electron chi connectivity index (χ3n) is 7.95. The van der Waals surface area contributed by atoms with Gasteiger partial charge in [0.2, 0.25) is 11.8 Å². The van der Waals surface area contributed by atoms with E-state index in [-0.39, 0.29) is 29.9 Å². The Hall–Kier alpha value is -3.15. The Labute approximate surface area is 207 Å². The number of carbonyl (C=O) groups excluding carboxylic acids is 3. The summed E-state index contributed by atoms with van der Waals surface area (Å²) >= 11 is 0. The predicted octanol–water partition coefficient (Wildman–Crippen LogP) is 4.55. The standard InChI is InChI=1S/C29H34N2O4/c1-5-21-8-6-7-19(3)26(21)31-17-22(15-25(31)33)28(34)30-11-9-29(10-12-30)16-24(32)23-14-18(2)13-20(4)27(23)35-29/h6-8,13-14,22H,5,9-12,15-17H2,1-4H3. The molecule has 0 aromatic heterocycles. The Balaban J connectivity index is 1.27. The molecule has 35 heavy (non-hydrogen) atoms. The Morgan fingerprint density at radius 3 is 2.54 bits per heavy atom. The molecule has 2 fully saturated rings. The summed E-state index contributed by atoms with van der Waals surface area (Å²) in [6.45, 7) is 9.60. The van der Waals surface area contributed by atoms with Gasteiger partial charge in [0.15, 0.2) is 5.78 Å². The third-order valence-corrected chi connectivity index (χ3v) is 7.95. The molecule has 1 spiro atoms. The number of piperidine rings is 1. The van der Waals surface area contributed by atoms with E-state index in [1.807, 2.05) is 54.8 Å². The van der Waals surface area contributed by atoms with E-state index in [0.717, 1.165) is 34.4 Å². The van der Waals surface area contributed by atoms with E-state index in [4.69, 9.17) is 4.74 Å². The summed E-state index contributed by atoms with van der Waals surface area (Å²) in [5.74, 6) is 0.551. The van der Waals surface area contributed by atoms with Crippen LogP contribution in [0.5, 0.6) is 5.75 Å². The van der Waals surface area contributed by atoms with Crippen LogP contribution < -0.4 is 9.64 Å². The van der Waals surface area contributed by atoms with E-state index in [0.29, 0.717) is 50.2 Å². The van der Waals surface area contributed by atoms with Crippen LogP contribution in [0.25, 0.3) is 0 Å². The lowest BCUT2D eigenvalue weighted by Crippen LogP contribution is -2.53. The molecule has 0 bridgehead atoms. The fourth-order valence-electron chi connectivity index (χ4n) is 6.09.